The highest BCUT2D eigenvalue weighted by Crippen LogP contribution is 2.21. The molecular weight excluding hydrogens is 567 g/mol. The molecule has 0 saturated heterocycles. The lowest BCUT2D eigenvalue weighted by Gasteiger charge is -2.03. The molecule has 0 heterocycles. The van der Waals surface area contributed by atoms with E-state index in [9.17, 15) is 0 Å². The first-order valence-corrected chi connectivity index (χ1v) is 17.0. The topological polar surface area (TPSA) is 26.0 Å². The van der Waals surface area contributed by atoms with Crippen LogP contribution in [0.5, 0.6) is 0 Å². The van der Waals surface area contributed by atoms with Crippen molar-refractivity contribution in [2.24, 2.45) is 0 Å². The van der Waals surface area contributed by atoms with E-state index in [-0.39, 0.29) is 0 Å². The van der Waals surface area contributed by atoms with E-state index in [1.54, 1.807) is 0 Å². The summed E-state index contributed by atoms with van der Waals surface area (Å²) in [5.41, 5.74) is 15.3. The first kappa shape index (κ1) is 39.9. The number of rotatable bonds is 5. The Bertz CT molecular complexity index is 1520. The molecule has 0 aromatic heterocycles. The third-order valence-corrected chi connectivity index (χ3v) is 6.48. The van der Waals surface area contributed by atoms with Crippen molar-refractivity contribution in [3.63, 3.8) is 0 Å². The van der Waals surface area contributed by atoms with Gasteiger partial charge in [-0.3, -0.25) is 0 Å². The van der Waals surface area contributed by atoms with Gasteiger partial charge in [0.15, 0.2) is 0 Å². The number of hydrogen-bond donors (Lipinski definition) is 1. The molecule has 0 atom stereocenters. The van der Waals surface area contributed by atoms with Crippen LogP contribution in [-0.4, -0.2) is 0 Å². The van der Waals surface area contributed by atoms with E-state index in [4.69, 9.17) is 5.73 Å². The van der Waals surface area contributed by atoms with Crippen LogP contribution in [0, 0.1) is 6.92 Å². The fourth-order valence-electron chi connectivity index (χ4n) is 4.20. The average Bonchev–Trinajstić information content (AvgIpc) is 3.17. The Balaban J connectivity index is 0.000000370. The predicted molar refractivity (Wildman–Crippen MR) is 213 cm³/mol. The molecule has 6 aromatic carbocycles. The normalized spacial score (nSPS) is 9.26. The summed E-state index contributed by atoms with van der Waals surface area (Å²) in [4.78, 5) is 0. The molecule has 0 aliphatic rings. The van der Waals surface area contributed by atoms with Gasteiger partial charge in [0.05, 0.1) is 0 Å². The zero-order valence-corrected chi connectivity index (χ0v) is 29.6. The zero-order valence-electron chi connectivity index (χ0n) is 29.6. The summed E-state index contributed by atoms with van der Waals surface area (Å²) >= 11 is 0. The van der Waals surface area contributed by atoms with Crippen LogP contribution in [-0.2, 0) is 6.42 Å². The van der Waals surface area contributed by atoms with Gasteiger partial charge in [-0.1, -0.05) is 217 Å². The van der Waals surface area contributed by atoms with Crippen molar-refractivity contribution in [2.45, 2.75) is 54.9 Å². The van der Waals surface area contributed by atoms with Crippen molar-refractivity contribution in [3.05, 3.63) is 193 Å². The number of anilines is 1. The molecule has 1 nitrogen and oxygen atoms in total. The van der Waals surface area contributed by atoms with Gasteiger partial charge in [-0.2, -0.15) is 0 Å². The lowest BCUT2D eigenvalue weighted by molar-refractivity contribution is 1.28. The first-order valence-electron chi connectivity index (χ1n) is 17.0. The van der Waals surface area contributed by atoms with Crippen LogP contribution in [0.2, 0.25) is 0 Å². The molecule has 0 radical (unpaired) electrons. The lowest BCUT2D eigenvalue weighted by atomic mass is 10.0. The van der Waals surface area contributed by atoms with Crippen molar-refractivity contribution in [1.82, 2.24) is 0 Å². The number of nitrogens with two attached hydrogens (primary N) is 1. The zero-order chi connectivity index (χ0) is 34.5. The van der Waals surface area contributed by atoms with E-state index in [1.165, 1.54) is 38.9 Å². The molecule has 0 saturated carbocycles. The number of nitrogen functional groups attached to an aromatic ring is 1. The van der Waals surface area contributed by atoms with E-state index < -0.39 is 0 Å². The fraction of sp³-hybridized carbons (Fsp3) is 0.174. The van der Waals surface area contributed by atoms with Crippen molar-refractivity contribution in [3.8, 4) is 22.3 Å². The molecular formula is C46H55N. The monoisotopic (exact) mass is 621 g/mol. The van der Waals surface area contributed by atoms with Crippen molar-refractivity contribution < 1.29 is 0 Å². The molecule has 2 N–H and O–H groups in total. The van der Waals surface area contributed by atoms with Gasteiger partial charge in [-0.25, -0.2) is 0 Å². The molecule has 0 spiro atoms. The lowest BCUT2D eigenvalue weighted by Crippen LogP contribution is -1.84. The van der Waals surface area contributed by atoms with Crippen LogP contribution in [0.4, 0.5) is 5.69 Å². The highest BCUT2D eigenvalue weighted by atomic mass is 14.5. The highest BCUT2D eigenvalue weighted by molar-refractivity contribution is 5.67. The summed E-state index contributed by atoms with van der Waals surface area (Å²) in [5, 5.41) is 0. The minimum atomic E-state index is 0.796. The maximum Gasteiger partial charge on any atom is 0.0314 e. The van der Waals surface area contributed by atoms with Gasteiger partial charge in [0.25, 0.3) is 0 Å². The van der Waals surface area contributed by atoms with E-state index in [2.05, 4.69) is 140 Å². The van der Waals surface area contributed by atoms with Crippen LogP contribution in [0.15, 0.2) is 176 Å². The smallest absolute Gasteiger partial charge is 0.0314 e. The number of aryl methyl sites for hydroxylation is 1. The molecule has 6 rings (SSSR count). The van der Waals surface area contributed by atoms with Crippen molar-refractivity contribution in [1.29, 1.82) is 0 Å². The standard InChI is InChI=1S/C21H19N.C12H10.C7H8.3C2H6/c22-21-15-13-20(14-16-21)19-11-9-18(10-12-19)8-4-7-17-5-2-1-3-6-17;1-3-7-11(8-4-1)12-9-5-2-6-10-12;1-7-5-3-2-4-6-7;3*1-2/h1-6,8-16H,7,22H2;1-10H;2-6H,1H3;3*1-2H3/b8-4+;;;;;. The summed E-state index contributed by atoms with van der Waals surface area (Å²) < 4.78 is 0. The molecule has 0 aliphatic heterocycles. The third-order valence-electron chi connectivity index (χ3n) is 6.48. The Morgan fingerprint density at radius 1 is 0.404 bits per heavy atom. The number of hydrogen-bond acceptors (Lipinski definition) is 1. The number of benzene rings is 6. The molecule has 0 aliphatic carbocycles. The minimum absolute atomic E-state index is 0.796. The van der Waals surface area contributed by atoms with Gasteiger partial charge >= 0.3 is 0 Å². The summed E-state index contributed by atoms with van der Waals surface area (Å²) in [6.45, 7) is 14.1. The predicted octanol–water partition coefficient (Wildman–Crippen LogP) is 13.6. The summed E-state index contributed by atoms with van der Waals surface area (Å²) in [6, 6.07) is 58.1. The van der Waals surface area contributed by atoms with Gasteiger partial charge in [-0.15, -0.1) is 0 Å². The van der Waals surface area contributed by atoms with E-state index in [1.807, 2.05) is 90.1 Å². The molecule has 0 bridgehead atoms. The largest absolute Gasteiger partial charge is 0.399 e. The Hall–Kier alpha value is -5.14. The third kappa shape index (κ3) is 16.7. The van der Waals surface area contributed by atoms with E-state index in [0.717, 1.165) is 12.1 Å². The Labute approximate surface area is 286 Å². The summed E-state index contributed by atoms with van der Waals surface area (Å²) in [5.74, 6) is 0. The molecule has 0 fully saturated rings. The SMILES string of the molecule is CC.CC.CC.Cc1ccccc1.Nc1ccc(-c2ccc(/C=C/Cc3ccccc3)cc2)cc1.c1ccc(-c2ccccc2)cc1. The molecule has 1 heteroatoms. The molecule has 0 amide bonds. The second-order valence-corrected chi connectivity index (χ2v) is 9.72. The molecule has 6 aromatic rings. The summed E-state index contributed by atoms with van der Waals surface area (Å²) in [6.07, 6.45) is 5.33. The van der Waals surface area contributed by atoms with Gasteiger partial charge < -0.3 is 5.73 Å². The summed E-state index contributed by atoms with van der Waals surface area (Å²) in [7, 11) is 0. The van der Waals surface area contributed by atoms with Gasteiger partial charge in [0, 0.05) is 5.69 Å². The second kappa shape index (κ2) is 26.1. The fourth-order valence-corrected chi connectivity index (χ4v) is 4.20. The number of allylic oxidation sites excluding steroid dienone is 1. The Morgan fingerprint density at radius 2 is 0.745 bits per heavy atom. The van der Waals surface area contributed by atoms with Crippen LogP contribution in [0.1, 0.15) is 58.2 Å². The maximum absolute atomic E-state index is 5.72. The van der Waals surface area contributed by atoms with Gasteiger partial charge in [0.2, 0.25) is 0 Å². The van der Waals surface area contributed by atoms with Crippen molar-refractivity contribution >= 4 is 11.8 Å². The molecule has 0 unspecified atom stereocenters. The maximum atomic E-state index is 5.72. The van der Waals surface area contributed by atoms with Crippen LogP contribution >= 0.6 is 0 Å². The molecule has 244 valence electrons. The first-order chi connectivity index (χ1) is 23.2. The quantitative estimate of drug-likeness (QED) is 0.190. The van der Waals surface area contributed by atoms with E-state index in [0.29, 0.717) is 0 Å². The average molecular weight is 622 g/mol. The van der Waals surface area contributed by atoms with Crippen LogP contribution < -0.4 is 5.73 Å². The van der Waals surface area contributed by atoms with Gasteiger partial charge in [-0.05, 0) is 58.9 Å². The van der Waals surface area contributed by atoms with Crippen molar-refractivity contribution in [2.75, 3.05) is 5.73 Å². The molecule has 47 heavy (non-hydrogen) atoms. The highest BCUT2D eigenvalue weighted by Gasteiger charge is 1.97. The second-order valence-electron chi connectivity index (χ2n) is 9.72. The Morgan fingerprint density at radius 3 is 1.13 bits per heavy atom. The minimum Gasteiger partial charge on any atom is -0.399 e. The van der Waals surface area contributed by atoms with Crippen LogP contribution in [0.3, 0.4) is 0 Å². The van der Waals surface area contributed by atoms with E-state index >= 15 is 0 Å². The van der Waals surface area contributed by atoms with Gasteiger partial charge in [0.1, 0.15) is 0 Å². The Kier molecular flexibility index (Phi) is 22.2. The van der Waals surface area contributed by atoms with Crippen LogP contribution in [0.25, 0.3) is 28.3 Å².